The zero-order chi connectivity index (χ0) is 14.8. The molecule has 0 radical (unpaired) electrons. The van der Waals surface area contributed by atoms with Crippen LogP contribution in [0.4, 0.5) is 4.39 Å². The Balaban J connectivity index is 2.14. The Morgan fingerprint density at radius 3 is 2.65 bits per heavy atom. The average Bonchev–Trinajstić information content (AvgIpc) is 2.87. The third kappa shape index (κ3) is 3.22. The Morgan fingerprint density at radius 1 is 1.35 bits per heavy atom. The van der Waals surface area contributed by atoms with Crippen LogP contribution in [-0.4, -0.2) is 14.3 Å². The van der Waals surface area contributed by atoms with E-state index in [0.717, 1.165) is 12.1 Å². The summed E-state index contributed by atoms with van der Waals surface area (Å²) in [6, 6.07) is 6.15. The van der Waals surface area contributed by atoms with Gasteiger partial charge in [0.15, 0.2) is 0 Å². The number of hydrogen-bond acceptors (Lipinski definition) is 4. The molecule has 0 spiro atoms. The number of sulfonamides is 1. The van der Waals surface area contributed by atoms with Gasteiger partial charge in [0, 0.05) is 0 Å². The lowest BCUT2D eigenvalue weighted by Crippen LogP contribution is -2.24. The third-order valence-corrected chi connectivity index (χ3v) is 3.43. The largest absolute Gasteiger partial charge is 0.467 e. The van der Waals surface area contributed by atoms with Gasteiger partial charge in [0.1, 0.15) is 11.6 Å². The molecule has 2 rings (SSSR count). The maximum atomic E-state index is 13.7. The quantitative estimate of drug-likeness (QED) is 0.878. The van der Waals surface area contributed by atoms with Crippen LogP contribution in [0.5, 0.6) is 0 Å². The highest BCUT2D eigenvalue weighted by Gasteiger charge is 2.16. The van der Waals surface area contributed by atoms with E-state index in [1.54, 1.807) is 12.1 Å². The summed E-state index contributed by atoms with van der Waals surface area (Å²) in [6.45, 7) is 0.0994. The second-order valence-corrected chi connectivity index (χ2v) is 5.51. The van der Waals surface area contributed by atoms with E-state index in [1.165, 1.54) is 6.26 Å². The zero-order valence-corrected chi connectivity index (χ0v) is 11.0. The smallest absolute Gasteiger partial charge is 0.254 e. The van der Waals surface area contributed by atoms with Gasteiger partial charge in [0.05, 0.1) is 23.3 Å². The molecule has 0 bridgehead atoms. The van der Waals surface area contributed by atoms with Gasteiger partial charge in [-0.1, -0.05) is 0 Å². The van der Waals surface area contributed by atoms with Gasteiger partial charge in [-0.05, 0) is 30.3 Å². The summed E-state index contributed by atoms with van der Waals surface area (Å²) in [5.74, 6) is -1.13. The number of benzene rings is 1. The Hall–Kier alpha value is -2.19. The highest BCUT2D eigenvalue weighted by atomic mass is 32.2. The summed E-state index contributed by atoms with van der Waals surface area (Å²) in [5, 5.41) is 7.31. The number of halogens is 1. The van der Waals surface area contributed by atoms with Crippen molar-refractivity contribution in [2.75, 3.05) is 0 Å². The van der Waals surface area contributed by atoms with Crippen LogP contribution in [0.15, 0.2) is 45.9 Å². The van der Waals surface area contributed by atoms with E-state index < -0.39 is 26.6 Å². The summed E-state index contributed by atoms with van der Waals surface area (Å²) in [5.41, 5.74) is -0.274. The first kappa shape index (κ1) is 14.2. The predicted octanol–water partition coefficient (Wildman–Crippen LogP) is 0.996. The van der Waals surface area contributed by atoms with Gasteiger partial charge < -0.3 is 9.73 Å². The fraction of sp³-hybridized carbons (Fsp3) is 0.0833. The molecule has 1 amide bonds. The highest BCUT2D eigenvalue weighted by molar-refractivity contribution is 7.89. The second kappa shape index (κ2) is 5.43. The highest BCUT2D eigenvalue weighted by Crippen LogP contribution is 2.14. The van der Waals surface area contributed by atoms with Crippen molar-refractivity contribution in [2.45, 2.75) is 11.4 Å². The number of carbonyl (C=O) groups excluding carboxylic acids is 1. The van der Waals surface area contributed by atoms with Crippen molar-refractivity contribution in [1.29, 1.82) is 0 Å². The van der Waals surface area contributed by atoms with Crippen molar-refractivity contribution in [3.05, 3.63) is 53.7 Å². The number of nitrogens with two attached hydrogens (primary N) is 1. The summed E-state index contributed by atoms with van der Waals surface area (Å²) in [6.07, 6.45) is 1.45. The average molecular weight is 298 g/mol. The minimum atomic E-state index is -4.00. The Bertz CT molecular complexity index is 726. The maximum Gasteiger partial charge on any atom is 0.254 e. The third-order valence-electron chi connectivity index (χ3n) is 2.52. The maximum absolute atomic E-state index is 13.7. The normalized spacial score (nSPS) is 11.3. The molecule has 20 heavy (non-hydrogen) atoms. The van der Waals surface area contributed by atoms with Crippen molar-refractivity contribution in [3.8, 4) is 0 Å². The molecular weight excluding hydrogens is 287 g/mol. The number of hydrogen-bond donors (Lipinski definition) is 2. The van der Waals surface area contributed by atoms with Crippen LogP contribution in [0, 0.1) is 5.82 Å². The molecular formula is C12H11FN2O4S. The topological polar surface area (TPSA) is 102 Å². The Kier molecular flexibility index (Phi) is 3.86. The van der Waals surface area contributed by atoms with E-state index in [4.69, 9.17) is 9.56 Å². The molecule has 0 unspecified atom stereocenters. The first-order valence-electron chi connectivity index (χ1n) is 5.51. The van der Waals surface area contributed by atoms with Crippen LogP contribution in [0.3, 0.4) is 0 Å². The molecule has 1 aromatic heterocycles. The molecule has 0 saturated carbocycles. The second-order valence-electron chi connectivity index (χ2n) is 3.95. The molecule has 8 heteroatoms. The number of primary sulfonamides is 1. The van der Waals surface area contributed by atoms with Gasteiger partial charge in [-0.25, -0.2) is 17.9 Å². The minimum Gasteiger partial charge on any atom is -0.467 e. The molecule has 0 atom stereocenters. The molecule has 0 saturated heterocycles. The standard InChI is InChI=1S/C12H11FN2O4S/c13-11-6-9(20(14,17)18)3-4-10(11)12(16)15-7-8-2-1-5-19-8/h1-6H,7H2,(H,15,16)(H2,14,17,18). The number of nitrogens with one attached hydrogen (secondary N) is 1. The van der Waals surface area contributed by atoms with Crippen molar-refractivity contribution >= 4 is 15.9 Å². The summed E-state index contributed by atoms with van der Waals surface area (Å²) in [7, 11) is -4.00. The summed E-state index contributed by atoms with van der Waals surface area (Å²) in [4.78, 5) is 11.4. The fourth-order valence-electron chi connectivity index (χ4n) is 1.53. The molecule has 1 heterocycles. The number of rotatable bonds is 4. The van der Waals surface area contributed by atoms with Crippen molar-refractivity contribution in [3.63, 3.8) is 0 Å². The number of amides is 1. The lowest BCUT2D eigenvalue weighted by molar-refractivity contribution is 0.0944. The van der Waals surface area contributed by atoms with E-state index in [2.05, 4.69) is 5.32 Å². The van der Waals surface area contributed by atoms with Gasteiger partial charge in [0.2, 0.25) is 10.0 Å². The van der Waals surface area contributed by atoms with Gasteiger partial charge in [0.25, 0.3) is 5.91 Å². The van der Waals surface area contributed by atoms with Gasteiger partial charge in [-0.2, -0.15) is 0 Å². The van der Waals surface area contributed by atoms with Crippen LogP contribution in [0.25, 0.3) is 0 Å². The SMILES string of the molecule is NS(=O)(=O)c1ccc(C(=O)NCc2ccco2)c(F)c1. The van der Waals surface area contributed by atoms with Crippen LogP contribution in [0.1, 0.15) is 16.1 Å². The summed E-state index contributed by atoms with van der Waals surface area (Å²) >= 11 is 0. The first-order valence-corrected chi connectivity index (χ1v) is 7.05. The van der Waals surface area contributed by atoms with E-state index in [0.29, 0.717) is 11.8 Å². The van der Waals surface area contributed by atoms with Crippen LogP contribution < -0.4 is 10.5 Å². The van der Waals surface area contributed by atoms with E-state index >= 15 is 0 Å². The van der Waals surface area contributed by atoms with Crippen LogP contribution in [0.2, 0.25) is 0 Å². The van der Waals surface area contributed by atoms with Crippen molar-refractivity contribution < 1.29 is 22.0 Å². The minimum absolute atomic E-state index is 0.0994. The van der Waals surface area contributed by atoms with Crippen molar-refractivity contribution in [2.24, 2.45) is 5.14 Å². The monoisotopic (exact) mass is 298 g/mol. The molecule has 0 aliphatic heterocycles. The zero-order valence-electron chi connectivity index (χ0n) is 10.2. The number of furan rings is 1. The van der Waals surface area contributed by atoms with Crippen LogP contribution >= 0.6 is 0 Å². The molecule has 6 nitrogen and oxygen atoms in total. The molecule has 0 aliphatic rings. The van der Waals surface area contributed by atoms with Gasteiger partial charge >= 0.3 is 0 Å². The summed E-state index contributed by atoms with van der Waals surface area (Å²) < 4.78 is 40.8. The molecule has 0 fully saturated rings. The van der Waals surface area contributed by atoms with E-state index in [9.17, 15) is 17.6 Å². The molecule has 1 aromatic carbocycles. The molecule has 106 valence electrons. The van der Waals surface area contributed by atoms with Gasteiger partial charge in [-0.3, -0.25) is 4.79 Å². The lowest BCUT2D eigenvalue weighted by atomic mass is 10.2. The Morgan fingerprint density at radius 2 is 2.10 bits per heavy atom. The predicted molar refractivity (Wildman–Crippen MR) is 67.7 cm³/mol. The molecule has 2 aromatic rings. The van der Waals surface area contributed by atoms with E-state index in [1.807, 2.05) is 0 Å². The molecule has 0 aliphatic carbocycles. The molecule has 3 N–H and O–H groups in total. The fourth-order valence-corrected chi connectivity index (χ4v) is 2.06. The van der Waals surface area contributed by atoms with E-state index in [-0.39, 0.29) is 12.1 Å². The van der Waals surface area contributed by atoms with Crippen LogP contribution in [-0.2, 0) is 16.6 Å². The Labute approximate surface area is 114 Å². The lowest BCUT2D eigenvalue weighted by Gasteiger charge is -2.06. The number of carbonyl (C=O) groups is 1. The van der Waals surface area contributed by atoms with Crippen molar-refractivity contribution in [1.82, 2.24) is 5.32 Å². The van der Waals surface area contributed by atoms with Gasteiger partial charge in [-0.15, -0.1) is 0 Å². The first-order chi connectivity index (χ1) is 9.38.